The van der Waals surface area contributed by atoms with Crippen LogP contribution >= 0.6 is 0 Å². The molecule has 1 aliphatic rings. The second kappa shape index (κ2) is 6.95. The van der Waals surface area contributed by atoms with Crippen molar-refractivity contribution in [2.24, 2.45) is 5.92 Å². The van der Waals surface area contributed by atoms with E-state index in [2.05, 4.69) is 42.1 Å². The molecule has 0 spiro atoms. The Kier molecular flexibility index (Phi) is 4.92. The van der Waals surface area contributed by atoms with Crippen LogP contribution in [0.2, 0.25) is 0 Å². The number of methoxy groups -OCH3 is 1. The normalized spacial score (nSPS) is 22.0. The van der Waals surface area contributed by atoms with Crippen LogP contribution < -0.4 is 0 Å². The third-order valence-corrected chi connectivity index (χ3v) is 5.06. The molecular formula is C19H26N2O3. The number of aliphatic hydroxyl groups excluding tert-OH is 1. The van der Waals surface area contributed by atoms with Crippen molar-refractivity contribution in [3.05, 3.63) is 35.0 Å². The van der Waals surface area contributed by atoms with Crippen LogP contribution in [0.4, 0.5) is 0 Å². The van der Waals surface area contributed by atoms with Gasteiger partial charge in [0.15, 0.2) is 0 Å². The van der Waals surface area contributed by atoms with Crippen molar-refractivity contribution < 1.29 is 14.6 Å². The Hall–Kier alpha value is -1.85. The number of hydrogen-bond acceptors (Lipinski definition) is 4. The van der Waals surface area contributed by atoms with Gasteiger partial charge in [-0.2, -0.15) is 0 Å². The first-order chi connectivity index (χ1) is 11.5. The fourth-order valence-electron chi connectivity index (χ4n) is 3.81. The van der Waals surface area contributed by atoms with Crippen molar-refractivity contribution >= 4 is 16.9 Å². The molecule has 130 valence electrons. The SMILES string of the molecule is COC(=O)[C@@H]1CN(CCc2c[nH]c3cc(C)cc(C)c23)CC[C@@H]1O. The molecule has 3 rings (SSSR count). The van der Waals surface area contributed by atoms with Gasteiger partial charge in [0.1, 0.15) is 0 Å². The molecule has 1 saturated heterocycles. The Morgan fingerprint density at radius 2 is 2.21 bits per heavy atom. The monoisotopic (exact) mass is 330 g/mol. The average molecular weight is 330 g/mol. The fraction of sp³-hybridized carbons (Fsp3) is 0.526. The highest BCUT2D eigenvalue weighted by Crippen LogP contribution is 2.25. The second-order valence-electron chi connectivity index (χ2n) is 6.85. The van der Waals surface area contributed by atoms with Crippen LogP contribution in [0.3, 0.4) is 0 Å². The minimum atomic E-state index is -0.591. The summed E-state index contributed by atoms with van der Waals surface area (Å²) in [6.45, 7) is 6.51. The largest absolute Gasteiger partial charge is 0.469 e. The fourth-order valence-corrected chi connectivity index (χ4v) is 3.81. The molecular weight excluding hydrogens is 304 g/mol. The molecule has 2 atom stereocenters. The van der Waals surface area contributed by atoms with E-state index in [9.17, 15) is 9.90 Å². The zero-order valence-electron chi connectivity index (χ0n) is 14.6. The highest BCUT2D eigenvalue weighted by Gasteiger charge is 2.33. The maximum absolute atomic E-state index is 11.8. The number of rotatable bonds is 4. The van der Waals surface area contributed by atoms with Crippen molar-refractivity contribution in [1.29, 1.82) is 0 Å². The predicted octanol–water partition coefficient (Wildman–Crippen LogP) is 2.18. The first kappa shape index (κ1) is 17.0. The van der Waals surface area contributed by atoms with Gasteiger partial charge < -0.3 is 19.7 Å². The molecule has 1 fully saturated rings. The van der Waals surface area contributed by atoms with E-state index in [0.29, 0.717) is 13.0 Å². The zero-order valence-corrected chi connectivity index (χ0v) is 14.6. The molecule has 0 unspecified atom stereocenters. The summed E-state index contributed by atoms with van der Waals surface area (Å²) < 4.78 is 4.81. The molecule has 5 heteroatoms. The van der Waals surface area contributed by atoms with Crippen molar-refractivity contribution in [3.63, 3.8) is 0 Å². The number of H-pyrrole nitrogens is 1. The summed E-state index contributed by atoms with van der Waals surface area (Å²) in [6, 6.07) is 4.39. The van der Waals surface area contributed by atoms with E-state index in [0.717, 1.165) is 19.5 Å². The van der Waals surface area contributed by atoms with Gasteiger partial charge >= 0.3 is 5.97 Å². The number of aryl methyl sites for hydroxylation is 2. The molecule has 0 bridgehead atoms. The van der Waals surface area contributed by atoms with E-state index in [1.165, 1.54) is 34.7 Å². The molecule has 2 N–H and O–H groups in total. The Bertz CT molecular complexity index is 738. The number of benzene rings is 1. The quantitative estimate of drug-likeness (QED) is 0.844. The molecule has 1 aromatic carbocycles. The maximum atomic E-state index is 11.8. The summed E-state index contributed by atoms with van der Waals surface area (Å²) in [6.07, 6.45) is 3.04. The number of hydrogen-bond donors (Lipinski definition) is 2. The number of fused-ring (bicyclic) bond motifs is 1. The summed E-state index contributed by atoms with van der Waals surface area (Å²) in [5.41, 5.74) is 5.05. The van der Waals surface area contributed by atoms with Crippen molar-refractivity contribution in [1.82, 2.24) is 9.88 Å². The predicted molar refractivity (Wildman–Crippen MR) is 94.0 cm³/mol. The van der Waals surface area contributed by atoms with Gasteiger partial charge in [0.25, 0.3) is 0 Å². The van der Waals surface area contributed by atoms with Crippen LogP contribution in [0.15, 0.2) is 18.3 Å². The van der Waals surface area contributed by atoms with Gasteiger partial charge in [-0.05, 0) is 49.4 Å². The van der Waals surface area contributed by atoms with Crippen LogP contribution in [-0.4, -0.2) is 53.8 Å². The molecule has 0 radical (unpaired) electrons. The third kappa shape index (κ3) is 3.32. The Morgan fingerprint density at radius 1 is 1.42 bits per heavy atom. The second-order valence-corrected chi connectivity index (χ2v) is 6.85. The first-order valence-corrected chi connectivity index (χ1v) is 8.55. The van der Waals surface area contributed by atoms with E-state index in [4.69, 9.17) is 4.74 Å². The average Bonchev–Trinajstić information content (AvgIpc) is 2.96. The number of nitrogens with zero attached hydrogens (tertiary/aromatic N) is 1. The summed E-state index contributed by atoms with van der Waals surface area (Å²) >= 11 is 0. The van der Waals surface area contributed by atoms with E-state index in [1.54, 1.807) is 0 Å². The molecule has 0 saturated carbocycles. The van der Waals surface area contributed by atoms with Crippen molar-refractivity contribution in [3.8, 4) is 0 Å². The molecule has 5 nitrogen and oxygen atoms in total. The Labute approximate surface area is 142 Å². The van der Waals surface area contributed by atoms with Crippen LogP contribution in [0.5, 0.6) is 0 Å². The number of esters is 1. The molecule has 1 aliphatic heterocycles. The van der Waals surface area contributed by atoms with Gasteiger partial charge in [0, 0.05) is 36.7 Å². The van der Waals surface area contributed by atoms with E-state index >= 15 is 0 Å². The number of ether oxygens (including phenoxy) is 1. The smallest absolute Gasteiger partial charge is 0.312 e. The lowest BCUT2D eigenvalue weighted by Gasteiger charge is -2.34. The number of nitrogens with one attached hydrogen (secondary N) is 1. The van der Waals surface area contributed by atoms with E-state index < -0.39 is 12.0 Å². The zero-order chi connectivity index (χ0) is 17.3. The molecule has 2 heterocycles. The number of aliphatic hydroxyl groups is 1. The number of aromatic nitrogens is 1. The van der Waals surface area contributed by atoms with Crippen LogP contribution in [0, 0.1) is 19.8 Å². The molecule has 0 amide bonds. The summed E-state index contributed by atoms with van der Waals surface area (Å²) in [5.74, 6) is -0.748. The van der Waals surface area contributed by atoms with Crippen LogP contribution in [0.1, 0.15) is 23.1 Å². The lowest BCUT2D eigenvalue weighted by Crippen LogP contribution is -2.47. The van der Waals surface area contributed by atoms with Gasteiger partial charge in [0.05, 0.1) is 19.1 Å². The van der Waals surface area contributed by atoms with Gasteiger partial charge in [-0.25, -0.2) is 0 Å². The standard InChI is InChI=1S/C19H26N2O3/c1-12-8-13(2)18-14(10-20-16(18)9-12)4-6-21-7-5-17(22)15(11-21)19(23)24-3/h8-10,15,17,20,22H,4-7,11H2,1-3H3/t15-,17+/m1/s1. The molecule has 1 aromatic heterocycles. The lowest BCUT2D eigenvalue weighted by atomic mass is 9.94. The molecule has 2 aromatic rings. The Balaban J connectivity index is 1.69. The molecule has 24 heavy (non-hydrogen) atoms. The number of piperidine rings is 1. The molecule has 0 aliphatic carbocycles. The van der Waals surface area contributed by atoms with Gasteiger partial charge in [0.2, 0.25) is 0 Å². The number of carbonyl (C=O) groups is 1. The number of likely N-dealkylation sites (tertiary alicyclic amines) is 1. The van der Waals surface area contributed by atoms with E-state index in [1.807, 2.05) is 0 Å². The lowest BCUT2D eigenvalue weighted by molar-refractivity contribution is -0.152. The van der Waals surface area contributed by atoms with Crippen LogP contribution in [0.25, 0.3) is 10.9 Å². The van der Waals surface area contributed by atoms with Gasteiger partial charge in [-0.3, -0.25) is 4.79 Å². The van der Waals surface area contributed by atoms with Gasteiger partial charge in [-0.1, -0.05) is 6.07 Å². The minimum absolute atomic E-state index is 0.314. The number of aromatic amines is 1. The van der Waals surface area contributed by atoms with Gasteiger partial charge in [-0.15, -0.1) is 0 Å². The summed E-state index contributed by atoms with van der Waals surface area (Å²) in [5, 5.41) is 11.3. The summed E-state index contributed by atoms with van der Waals surface area (Å²) in [4.78, 5) is 17.4. The highest BCUT2D eigenvalue weighted by atomic mass is 16.5. The van der Waals surface area contributed by atoms with Crippen molar-refractivity contribution in [2.75, 3.05) is 26.7 Å². The minimum Gasteiger partial charge on any atom is -0.469 e. The number of carbonyl (C=O) groups excluding carboxylic acids is 1. The summed E-state index contributed by atoms with van der Waals surface area (Å²) in [7, 11) is 1.38. The van der Waals surface area contributed by atoms with Crippen molar-refractivity contribution in [2.45, 2.75) is 32.8 Å². The third-order valence-electron chi connectivity index (χ3n) is 5.06. The van der Waals surface area contributed by atoms with E-state index in [-0.39, 0.29) is 5.97 Å². The van der Waals surface area contributed by atoms with Crippen LogP contribution in [-0.2, 0) is 16.0 Å². The first-order valence-electron chi connectivity index (χ1n) is 8.55. The Morgan fingerprint density at radius 3 is 2.96 bits per heavy atom. The maximum Gasteiger partial charge on any atom is 0.312 e. The highest BCUT2D eigenvalue weighted by molar-refractivity contribution is 5.87. The topological polar surface area (TPSA) is 65.6 Å².